The standard InChI is InChI=1S/C19H29N3O2/c1-6-16-17(13-21(5)18(23)24-19(2,3)4)22(16)15-9-7-14(8-10-15)11-12-20/h6-10,17H,11-13,20H2,1-5H3/b16-6+. The molecule has 1 atom stereocenters. The number of likely N-dealkylation sites (N-methyl/N-ethyl adjacent to an activating group) is 1. The molecule has 0 aromatic heterocycles. The van der Waals surface area contributed by atoms with Gasteiger partial charge < -0.3 is 20.3 Å². The summed E-state index contributed by atoms with van der Waals surface area (Å²) in [6, 6.07) is 8.67. The molecule has 1 saturated heterocycles. The fraction of sp³-hybridized carbons (Fsp3) is 0.526. The van der Waals surface area contributed by atoms with Gasteiger partial charge >= 0.3 is 6.09 Å². The molecule has 0 saturated carbocycles. The maximum atomic E-state index is 12.1. The Morgan fingerprint density at radius 1 is 1.33 bits per heavy atom. The largest absolute Gasteiger partial charge is 0.444 e. The lowest BCUT2D eigenvalue weighted by molar-refractivity contribution is 0.0301. The molecule has 1 unspecified atom stereocenters. The third-order valence-electron chi connectivity index (χ3n) is 3.96. The van der Waals surface area contributed by atoms with E-state index in [9.17, 15) is 4.79 Å². The second-order valence-corrected chi connectivity index (χ2v) is 7.17. The van der Waals surface area contributed by atoms with Gasteiger partial charge in [0.15, 0.2) is 0 Å². The van der Waals surface area contributed by atoms with Crippen LogP contribution in [0.3, 0.4) is 0 Å². The summed E-state index contributed by atoms with van der Waals surface area (Å²) in [6.07, 6.45) is 2.70. The van der Waals surface area contributed by atoms with Crippen molar-refractivity contribution in [2.45, 2.75) is 45.8 Å². The molecule has 5 nitrogen and oxygen atoms in total. The molecule has 1 amide bonds. The SMILES string of the molecule is C/C=C1\C(CN(C)C(=O)OC(C)(C)C)N1c1ccc(CCN)cc1. The van der Waals surface area contributed by atoms with Crippen LogP contribution in [0.1, 0.15) is 33.3 Å². The molecule has 0 radical (unpaired) electrons. The van der Waals surface area contributed by atoms with Gasteiger partial charge in [0, 0.05) is 25.0 Å². The van der Waals surface area contributed by atoms with Gasteiger partial charge in [-0.05, 0) is 58.4 Å². The van der Waals surface area contributed by atoms with Crippen LogP contribution in [0.25, 0.3) is 0 Å². The van der Waals surface area contributed by atoms with Crippen molar-refractivity contribution in [3.05, 3.63) is 41.6 Å². The Balaban J connectivity index is 2.00. The second-order valence-electron chi connectivity index (χ2n) is 7.17. The first-order valence-corrected chi connectivity index (χ1v) is 8.45. The number of hydrogen-bond donors (Lipinski definition) is 1. The smallest absolute Gasteiger partial charge is 0.410 e. The summed E-state index contributed by atoms with van der Waals surface area (Å²) >= 11 is 0. The summed E-state index contributed by atoms with van der Waals surface area (Å²) in [6.45, 7) is 8.93. The third-order valence-corrected chi connectivity index (χ3v) is 3.96. The van der Waals surface area contributed by atoms with E-state index in [1.165, 1.54) is 11.3 Å². The number of nitrogens with zero attached hydrogens (tertiary/aromatic N) is 2. The topological polar surface area (TPSA) is 58.6 Å². The zero-order chi connectivity index (χ0) is 17.9. The number of amides is 1. The minimum Gasteiger partial charge on any atom is -0.444 e. The van der Waals surface area contributed by atoms with Crippen LogP contribution in [0, 0.1) is 0 Å². The molecule has 1 fully saturated rings. The molecule has 1 aromatic rings. The Labute approximate surface area is 145 Å². The Bertz CT molecular complexity index is 602. The minimum absolute atomic E-state index is 0.216. The molecule has 132 valence electrons. The van der Waals surface area contributed by atoms with Gasteiger partial charge in [0.1, 0.15) is 5.60 Å². The monoisotopic (exact) mass is 331 g/mol. The maximum Gasteiger partial charge on any atom is 0.410 e. The highest BCUT2D eigenvalue weighted by Gasteiger charge is 2.42. The summed E-state index contributed by atoms with van der Waals surface area (Å²) in [5.74, 6) is 0. The predicted octanol–water partition coefficient (Wildman–Crippen LogP) is 3.15. The lowest BCUT2D eigenvalue weighted by Crippen LogP contribution is -2.36. The van der Waals surface area contributed by atoms with Crippen LogP contribution in [-0.4, -0.2) is 42.8 Å². The summed E-state index contributed by atoms with van der Waals surface area (Å²) in [7, 11) is 1.78. The highest BCUT2D eigenvalue weighted by Crippen LogP contribution is 2.39. The van der Waals surface area contributed by atoms with E-state index >= 15 is 0 Å². The van der Waals surface area contributed by atoms with Crippen molar-refractivity contribution in [2.75, 3.05) is 25.0 Å². The zero-order valence-corrected chi connectivity index (χ0v) is 15.4. The molecular weight excluding hydrogens is 302 g/mol. The van der Waals surface area contributed by atoms with E-state index in [0.29, 0.717) is 13.1 Å². The third kappa shape index (κ3) is 4.51. The number of nitrogens with two attached hydrogens (primary N) is 1. The number of benzene rings is 1. The van der Waals surface area contributed by atoms with E-state index in [-0.39, 0.29) is 12.1 Å². The Morgan fingerprint density at radius 2 is 1.96 bits per heavy atom. The van der Waals surface area contributed by atoms with Crippen molar-refractivity contribution in [3.8, 4) is 0 Å². The minimum atomic E-state index is -0.475. The lowest BCUT2D eigenvalue weighted by atomic mass is 10.1. The first-order valence-electron chi connectivity index (χ1n) is 8.45. The molecule has 0 spiro atoms. The maximum absolute atomic E-state index is 12.1. The van der Waals surface area contributed by atoms with Gasteiger partial charge in [-0.2, -0.15) is 0 Å². The van der Waals surface area contributed by atoms with Crippen LogP contribution in [0.4, 0.5) is 10.5 Å². The van der Waals surface area contributed by atoms with Gasteiger partial charge in [-0.3, -0.25) is 0 Å². The summed E-state index contributed by atoms with van der Waals surface area (Å²) < 4.78 is 5.42. The van der Waals surface area contributed by atoms with Crippen molar-refractivity contribution in [3.63, 3.8) is 0 Å². The quantitative estimate of drug-likeness (QED) is 0.842. The van der Waals surface area contributed by atoms with E-state index in [4.69, 9.17) is 10.5 Å². The van der Waals surface area contributed by atoms with Crippen molar-refractivity contribution >= 4 is 11.8 Å². The molecule has 2 rings (SSSR count). The first-order chi connectivity index (χ1) is 11.3. The molecular formula is C19H29N3O2. The van der Waals surface area contributed by atoms with E-state index in [1.807, 2.05) is 27.7 Å². The van der Waals surface area contributed by atoms with Crippen LogP contribution >= 0.6 is 0 Å². The van der Waals surface area contributed by atoms with E-state index in [0.717, 1.165) is 12.1 Å². The van der Waals surface area contributed by atoms with Crippen LogP contribution < -0.4 is 10.6 Å². The Kier molecular flexibility index (Phi) is 5.54. The number of anilines is 1. The van der Waals surface area contributed by atoms with E-state index in [2.05, 4.69) is 35.2 Å². The van der Waals surface area contributed by atoms with Gasteiger partial charge in [-0.1, -0.05) is 18.2 Å². The van der Waals surface area contributed by atoms with Crippen molar-refractivity contribution < 1.29 is 9.53 Å². The van der Waals surface area contributed by atoms with Crippen molar-refractivity contribution in [2.24, 2.45) is 5.73 Å². The van der Waals surface area contributed by atoms with Crippen LogP contribution in [0.2, 0.25) is 0 Å². The lowest BCUT2D eigenvalue weighted by Gasteiger charge is -2.24. The summed E-state index contributed by atoms with van der Waals surface area (Å²) in [5.41, 5.74) is 8.74. The molecule has 0 aliphatic carbocycles. The van der Waals surface area contributed by atoms with Gasteiger partial charge in [0.25, 0.3) is 0 Å². The van der Waals surface area contributed by atoms with Gasteiger partial charge in [0.05, 0.1) is 6.04 Å². The van der Waals surface area contributed by atoms with Gasteiger partial charge in [-0.15, -0.1) is 0 Å². The predicted molar refractivity (Wildman–Crippen MR) is 98.1 cm³/mol. The van der Waals surface area contributed by atoms with Crippen LogP contribution in [-0.2, 0) is 11.2 Å². The van der Waals surface area contributed by atoms with Gasteiger partial charge in [-0.25, -0.2) is 4.79 Å². The molecule has 1 heterocycles. The Morgan fingerprint density at radius 3 is 2.46 bits per heavy atom. The number of carbonyl (C=O) groups is 1. The number of carbonyl (C=O) groups excluding carboxylic acids is 1. The van der Waals surface area contributed by atoms with Gasteiger partial charge in [0.2, 0.25) is 0 Å². The molecule has 5 heteroatoms. The summed E-state index contributed by atoms with van der Waals surface area (Å²) in [5, 5.41) is 0. The highest BCUT2D eigenvalue weighted by molar-refractivity contribution is 5.71. The highest BCUT2D eigenvalue weighted by atomic mass is 16.6. The number of hydrogen-bond acceptors (Lipinski definition) is 4. The average Bonchev–Trinajstić information content (AvgIpc) is 3.19. The number of rotatable bonds is 5. The summed E-state index contributed by atoms with van der Waals surface area (Å²) in [4.78, 5) is 16.0. The van der Waals surface area contributed by atoms with Crippen molar-refractivity contribution in [1.29, 1.82) is 0 Å². The molecule has 1 aromatic carbocycles. The number of allylic oxidation sites excluding steroid dienone is 1. The first kappa shape index (κ1) is 18.3. The van der Waals surface area contributed by atoms with E-state index < -0.39 is 5.60 Å². The zero-order valence-electron chi connectivity index (χ0n) is 15.4. The average molecular weight is 331 g/mol. The van der Waals surface area contributed by atoms with Crippen molar-refractivity contribution in [1.82, 2.24) is 4.90 Å². The van der Waals surface area contributed by atoms with E-state index in [1.54, 1.807) is 11.9 Å². The fourth-order valence-electron chi connectivity index (χ4n) is 2.75. The number of ether oxygens (including phenoxy) is 1. The van der Waals surface area contributed by atoms with Crippen LogP contribution in [0.5, 0.6) is 0 Å². The molecule has 1 aliphatic rings. The molecule has 24 heavy (non-hydrogen) atoms. The fourth-order valence-corrected chi connectivity index (χ4v) is 2.75. The Hall–Kier alpha value is -2.01. The molecule has 0 bridgehead atoms. The molecule has 2 N–H and O–H groups in total. The normalized spacial score (nSPS) is 18.7. The second kappa shape index (κ2) is 7.26. The van der Waals surface area contributed by atoms with Crippen LogP contribution in [0.15, 0.2) is 36.0 Å². The molecule has 1 aliphatic heterocycles.